The maximum absolute atomic E-state index is 11.6. The average Bonchev–Trinajstić information content (AvgIpc) is 2.60. The quantitative estimate of drug-likeness (QED) is 0.793. The van der Waals surface area contributed by atoms with Gasteiger partial charge < -0.3 is 9.84 Å². The van der Waals surface area contributed by atoms with E-state index >= 15 is 0 Å². The number of nitrogens with one attached hydrogen (secondary N) is 1. The van der Waals surface area contributed by atoms with Gasteiger partial charge in [0.15, 0.2) is 5.82 Å². The van der Waals surface area contributed by atoms with E-state index in [2.05, 4.69) is 15.5 Å². The van der Waals surface area contributed by atoms with Gasteiger partial charge in [-0.05, 0) is 20.8 Å². The van der Waals surface area contributed by atoms with Crippen LogP contribution < -0.4 is 5.32 Å². The van der Waals surface area contributed by atoms with E-state index in [4.69, 9.17) is 16.1 Å². The Morgan fingerprint density at radius 2 is 2.27 bits per heavy atom. The van der Waals surface area contributed by atoms with Gasteiger partial charge in [0.1, 0.15) is 0 Å². The largest absolute Gasteiger partial charge is 0.347 e. The Morgan fingerprint density at radius 3 is 2.73 bits per heavy atom. The minimum atomic E-state index is -0.587. The van der Waals surface area contributed by atoms with Crippen LogP contribution >= 0.6 is 11.6 Å². The summed E-state index contributed by atoms with van der Waals surface area (Å²) in [6, 6.07) is 0. The molecule has 5 nitrogen and oxygen atoms in total. The first kappa shape index (κ1) is 12.0. The summed E-state index contributed by atoms with van der Waals surface area (Å²) in [7, 11) is 0. The van der Waals surface area contributed by atoms with E-state index in [0.29, 0.717) is 11.7 Å². The molecule has 0 unspecified atom stereocenters. The molecule has 1 N–H and O–H groups in total. The molecule has 1 rings (SSSR count). The number of hydrogen-bond acceptors (Lipinski definition) is 4. The van der Waals surface area contributed by atoms with Crippen molar-refractivity contribution in [2.75, 3.05) is 5.88 Å². The molecule has 0 bridgehead atoms. The molecule has 0 aromatic carbocycles. The molecule has 1 aromatic rings. The average molecular weight is 232 g/mol. The molecular formula is C9H14ClN3O2. The lowest BCUT2D eigenvalue weighted by Crippen LogP contribution is -2.37. The van der Waals surface area contributed by atoms with Crippen LogP contribution in [0.4, 0.5) is 0 Å². The smallest absolute Gasteiger partial charge is 0.246 e. The predicted octanol–water partition coefficient (Wildman–Crippen LogP) is 1.26. The second-order valence-corrected chi connectivity index (χ2v) is 4.20. The summed E-state index contributed by atoms with van der Waals surface area (Å²) in [5.74, 6) is 1.08. The van der Waals surface area contributed by atoms with Gasteiger partial charge in [0.25, 0.3) is 0 Å². The molecule has 0 radical (unpaired) electrons. The van der Waals surface area contributed by atoms with E-state index in [1.165, 1.54) is 0 Å². The van der Waals surface area contributed by atoms with Crippen LogP contribution in [0.3, 0.4) is 0 Å². The van der Waals surface area contributed by atoms with Gasteiger partial charge in [-0.2, -0.15) is 4.98 Å². The highest BCUT2D eigenvalue weighted by Crippen LogP contribution is 2.16. The van der Waals surface area contributed by atoms with Crippen molar-refractivity contribution in [2.45, 2.75) is 27.3 Å². The zero-order valence-electron chi connectivity index (χ0n) is 9.00. The second kappa shape index (κ2) is 4.61. The number of alkyl halides is 1. The summed E-state index contributed by atoms with van der Waals surface area (Å²) in [4.78, 5) is 15.6. The lowest BCUT2D eigenvalue weighted by atomic mass is 9.95. The van der Waals surface area contributed by atoms with E-state index in [1.54, 1.807) is 20.8 Å². The fourth-order valence-corrected chi connectivity index (χ4v) is 0.989. The van der Waals surface area contributed by atoms with Gasteiger partial charge in [0.2, 0.25) is 11.8 Å². The summed E-state index contributed by atoms with van der Waals surface area (Å²) >= 11 is 5.66. The zero-order chi connectivity index (χ0) is 11.5. The predicted molar refractivity (Wildman–Crippen MR) is 55.4 cm³/mol. The monoisotopic (exact) mass is 231 g/mol. The van der Waals surface area contributed by atoms with Gasteiger partial charge in [-0.1, -0.05) is 5.16 Å². The standard InChI is InChI=1S/C9H14ClN3O2/c1-6-12-7(15-13-6)4-11-8(14)9(2,3)5-10/h4-5H2,1-3H3,(H,11,14). The number of amides is 1. The summed E-state index contributed by atoms with van der Waals surface area (Å²) in [6.45, 7) is 5.50. The molecule has 1 amide bonds. The van der Waals surface area contributed by atoms with E-state index in [0.717, 1.165) is 0 Å². The topological polar surface area (TPSA) is 68.0 Å². The first-order valence-corrected chi connectivity index (χ1v) is 5.12. The van der Waals surface area contributed by atoms with Gasteiger partial charge in [-0.25, -0.2) is 0 Å². The van der Waals surface area contributed by atoms with Crippen molar-refractivity contribution in [2.24, 2.45) is 5.41 Å². The van der Waals surface area contributed by atoms with Crippen LogP contribution in [-0.4, -0.2) is 21.9 Å². The van der Waals surface area contributed by atoms with Gasteiger partial charge in [0.05, 0.1) is 12.0 Å². The Bertz CT molecular complexity index is 349. The van der Waals surface area contributed by atoms with Gasteiger partial charge in [-0.3, -0.25) is 4.79 Å². The highest BCUT2D eigenvalue weighted by atomic mass is 35.5. The lowest BCUT2D eigenvalue weighted by molar-refractivity contribution is -0.128. The summed E-state index contributed by atoms with van der Waals surface area (Å²) in [6.07, 6.45) is 0. The normalized spacial score (nSPS) is 11.5. The second-order valence-electron chi connectivity index (χ2n) is 3.94. The number of halogens is 1. The lowest BCUT2D eigenvalue weighted by Gasteiger charge is -2.19. The Labute approximate surface area is 93.2 Å². The van der Waals surface area contributed by atoms with Gasteiger partial charge >= 0.3 is 0 Å². The van der Waals surface area contributed by atoms with Crippen molar-refractivity contribution in [3.63, 3.8) is 0 Å². The summed E-state index contributed by atoms with van der Waals surface area (Å²) in [5, 5.41) is 6.30. The molecule has 1 heterocycles. The fourth-order valence-electron chi connectivity index (χ4n) is 0.868. The molecule has 0 saturated carbocycles. The van der Waals surface area contributed by atoms with Gasteiger partial charge in [-0.15, -0.1) is 11.6 Å². The minimum Gasteiger partial charge on any atom is -0.347 e. The Morgan fingerprint density at radius 1 is 1.60 bits per heavy atom. The number of carbonyl (C=O) groups excluding carboxylic acids is 1. The third-order valence-electron chi connectivity index (χ3n) is 1.92. The molecule has 0 spiro atoms. The van der Waals surface area contributed by atoms with Crippen LogP contribution in [-0.2, 0) is 11.3 Å². The summed E-state index contributed by atoms with van der Waals surface area (Å²) in [5.41, 5.74) is -0.587. The third-order valence-corrected chi connectivity index (χ3v) is 2.59. The molecule has 1 aromatic heterocycles. The molecule has 0 aliphatic rings. The van der Waals surface area contributed by atoms with Crippen LogP contribution in [0.1, 0.15) is 25.6 Å². The Hall–Kier alpha value is -1.10. The molecule has 0 saturated heterocycles. The highest BCUT2D eigenvalue weighted by Gasteiger charge is 2.26. The number of rotatable bonds is 4. The molecule has 0 aliphatic carbocycles. The van der Waals surface area contributed by atoms with Crippen molar-refractivity contribution in [1.82, 2.24) is 15.5 Å². The van der Waals surface area contributed by atoms with Crippen molar-refractivity contribution < 1.29 is 9.32 Å². The van der Waals surface area contributed by atoms with Crippen molar-refractivity contribution >= 4 is 17.5 Å². The molecule has 0 atom stereocenters. The van der Waals surface area contributed by atoms with E-state index in [-0.39, 0.29) is 18.3 Å². The fraction of sp³-hybridized carbons (Fsp3) is 0.667. The number of nitrogens with zero attached hydrogens (tertiary/aromatic N) is 2. The van der Waals surface area contributed by atoms with E-state index in [1.807, 2.05) is 0 Å². The van der Waals surface area contributed by atoms with Crippen LogP contribution in [0.25, 0.3) is 0 Å². The molecule has 0 fully saturated rings. The molecule has 84 valence electrons. The molecule has 6 heteroatoms. The Balaban J connectivity index is 2.47. The first-order valence-electron chi connectivity index (χ1n) is 4.59. The van der Waals surface area contributed by atoms with Crippen LogP contribution in [0.5, 0.6) is 0 Å². The van der Waals surface area contributed by atoms with Crippen LogP contribution in [0, 0.1) is 12.3 Å². The number of carbonyl (C=O) groups is 1. The van der Waals surface area contributed by atoms with Crippen molar-refractivity contribution in [3.05, 3.63) is 11.7 Å². The van der Waals surface area contributed by atoms with E-state index in [9.17, 15) is 4.79 Å². The number of hydrogen-bond donors (Lipinski definition) is 1. The van der Waals surface area contributed by atoms with Crippen LogP contribution in [0.15, 0.2) is 4.52 Å². The van der Waals surface area contributed by atoms with Gasteiger partial charge in [0, 0.05) is 5.88 Å². The molecule has 15 heavy (non-hydrogen) atoms. The third kappa shape index (κ3) is 3.20. The number of aryl methyl sites for hydroxylation is 1. The van der Waals surface area contributed by atoms with Crippen LogP contribution in [0.2, 0.25) is 0 Å². The Kier molecular flexibility index (Phi) is 3.68. The first-order chi connectivity index (χ1) is 6.95. The molecular weight excluding hydrogens is 218 g/mol. The highest BCUT2D eigenvalue weighted by molar-refractivity contribution is 6.19. The maximum atomic E-state index is 11.6. The SMILES string of the molecule is Cc1noc(CNC(=O)C(C)(C)CCl)n1. The van der Waals surface area contributed by atoms with E-state index < -0.39 is 5.41 Å². The van der Waals surface area contributed by atoms with Crippen molar-refractivity contribution in [3.8, 4) is 0 Å². The zero-order valence-corrected chi connectivity index (χ0v) is 9.76. The maximum Gasteiger partial charge on any atom is 0.246 e. The number of aromatic nitrogens is 2. The molecule has 0 aliphatic heterocycles. The minimum absolute atomic E-state index is 0.131. The summed E-state index contributed by atoms with van der Waals surface area (Å²) < 4.78 is 4.85. The van der Waals surface area contributed by atoms with Crippen molar-refractivity contribution in [1.29, 1.82) is 0 Å².